The lowest BCUT2D eigenvalue weighted by molar-refractivity contribution is -0.0496. The molecule has 4 aromatic heterocycles. The predicted octanol–water partition coefficient (Wildman–Crippen LogP) is 3.91. The van der Waals surface area contributed by atoms with Gasteiger partial charge >= 0.3 is 6.61 Å². The highest BCUT2D eigenvalue weighted by Crippen LogP contribution is 2.35. The first-order valence-corrected chi connectivity index (χ1v) is 10.8. The van der Waals surface area contributed by atoms with Crippen LogP contribution < -0.4 is 10.1 Å². The number of halogens is 3. The maximum absolute atomic E-state index is 13.2. The summed E-state index contributed by atoms with van der Waals surface area (Å²) in [5.41, 5.74) is 0.834. The Morgan fingerprint density at radius 1 is 1.27 bits per heavy atom. The summed E-state index contributed by atoms with van der Waals surface area (Å²) in [6.07, 6.45) is 5.99. The highest BCUT2D eigenvalue weighted by atomic mass is 35.5. The number of nitrogens with one attached hydrogen (secondary N) is 1. The van der Waals surface area contributed by atoms with Crippen molar-refractivity contribution in [3.63, 3.8) is 0 Å². The smallest absolute Gasteiger partial charge is 0.387 e. The molecule has 0 aromatic carbocycles. The number of aromatic nitrogens is 6. The van der Waals surface area contributed by atoms with Crippen LogP contribution in [0, 0.1) is 17.8 Å². The van der Waals surface area contributed by atoms with E-state index in [1.54, 1.807) is 0 Å². The molecule has 1 fully saturated rings. The van der Waals surface area contributed by atoms with Gasteiger partial charge in [-0.3, -0.25) is 10.1 Å². The normalized spacial score (nSPS) is 13.1. The number of carbonyl (C=O) groups excluding carboxylic acids is 1. The van der Waals surface area contributed by atoms with Crippen LogP contribution in [0.4, 0.5) is 13.9 Å². The highest BCUT2D eigenvalue weighted by Gasteiger charge is 2.22. The van der Waals surface area contributed by atoms with Gasteiger partial charge in [0, 0.05) is 23.2 Å². The number of anilines is 1. The van der Waals surface area contributed by atoms with E-state index in [1.807, 2.05) is 0 Å². The molecule has 0 bridgehead atoms. The van der Waals surface area contributed by atoms with Gasteiger partial charge in [0.2, 0.25) is 5.13 Å². The molecule has 0 saturated heterocycles. The van der Waals surface area contributed by atoms with Gasteiger partial charge in [-0.1, -0.05) is 28.9 Å². The molecule has 1 aliphatic rings. The Hall–Kier alpha value is -3.69. The van der Waals surface area contributed by atoms with Crippen molar-refractivity contribution < 1.29 is 18.3 Å². The van der Waals surface area contributed by atoms with Gasteiger partial charge in [-0.25, -0.2) is 14.5 Å². The first-order chi connectivity index (χ1) is 16.0. The summed E-state index contributed by atoms with van der Waals surface area (Å²) < 4.78 is 31.9. The van der Waals surface area contributed by atoms with Crippen LogP contribution in [0.15, 0.2) is 30.9 Å². The Labute approximate surface area is 193 Å². The summed E-state index contributed by atoms with van der Waals surface area (Å²) in [7, 11) is 0. The van der Waals surface area contributed by atoms with E-state index in [9.17, 15) is 13.6 Å². The van der Waals surface area contributed by atoms with Crippen LogP contribution in [-0.4, -0.2) is 42.3 Å². The van der Waals surface area contributed by atoms with Crippen molar-refractivity contribution in [2.75, 3.05) is 5.32 Å². The van der Waals surface area contributed by atoms with Crippen LogP contribution in [0.5, 0.6) is 5.75 Å². The quantitative estimate of drug-likeness (QED) is 0.336. The van der Waals surface area contributed by atoms with E-state index in [0.29, 0.717) is 16.6 Å². The van der Waals surface area contributed by atoms with Crippen LogP contribution in [0.2, 0.25) is 5.15 Å². The van der Waals surface area contributed by atoms with Crippen LogP contribution in [0.3, 0.4) is 0 Å². The minimum Gasteiger partial charge on any atom is -0.433 e. The Morgan fingerprint density at radius 2 is 2.12 bits per heavy atom. The van der Waals surface area contributed by atoms with Crippen molar-refractivity contribution >= 4 is 39.6 Å². The van der Waals surface area contributed by atoms with Crippen molar-refractivity contribution in [2.45, 2.75) is 19.5 Å². The molecule has 1 aliphatic carbocycles. The number of carbonyl (C=O) groups is 1. The minimum atomic E-state index is -3.10. The van der Waals surface area contributed by atoms with Gasteiger partial charge < -0.3 is 4.74 Å². The molecule has 5 rings (SSSR count). The molecule has 4 heterocycles. The largest absolute Gasteiger partial charge is 0.433 e. The monoisotopic (exact) mass is 487 g/mol. The second-order valence-corrected chi connectivity index (χ2v) is 8.32. The average molecular weight is 488 g/mol. The number of alkyl halides is 2. The Morgan fingerprint density at radius 3 is 2.91 bits per heavy atom. The number of fused-ring (bicyclic) bond motifs is 1. The molecule has 33 heavy (non-hydrogen) atoms. The molecule has 1 amide bonds. The molecule has 0 unspecified atom stereocenters. The average Bonchev–Trinajstić information content (AvgIpc) is 3.32. The zero-order chi connectivity index (χ0) is 22.9. The Bertz CT molecular complexity index is 1420. The summed E-state index contributed by atoms with van der Waals surface area (Å²) in [6.45, 7) is -3.10. The summed E-state index contributed by atoms with van der Waals surface area (Å²) >= 11 is 7.13. The van der Waals surface area contributed by atoms with E-state index in [2.05, 4.69) is 47.2 Å². The van der Waals surface area contributed by atoms with Crippen molar-refractivity contribution in [2.24, 2.45) is 5.92 Å². The van der Waals surface area contributed by atoms with Crippen molar-refractivity contribution in [1.29, 1.82) is 0 Å². The SMILES string of the molecule is O=C(Nc1nnc(C#CC2CC2)s1)c1cc2ncnn2cc1-c1cc(Cl)ncc1OC(F)F. The van der Waals surface area contributed by atoms with E-state index in [-0.39, 0.29) is 32.7 Å². The van der Waals surface area contributed by atoms with E-state index in [0.717, 1.165) is 30.4 Å². The van der Waals surface area contributed by atoms with E-state index >= 15 is 0 Å². The zero-order valence-corrected chi connectivity index (χ0v) is 18.1. The summed E-state index contributed by atoms with van der Waals surface area (Å²) in [5, 5.41) is 15.4. The lowest BCUT2D eigenvalue weighted by atomic mass is 10.0. The van der Waals surface area contributed by atoms with Crippen molar-refractivity contribution in [3.8, 4) is 28.7 Å². The number of hydrogen-bond acceptors (Lipinski definition) is 8. The maximum atomic E-state index is 13.2. The number of nitrogens with zero attached hydrogens (tertiary/aromatic N) is 6. The topological polar surface area (TPSA) is 107 Å². The molecular formula is C20H12ClF2N7O2S. The third-order valence-corrected chi connectivity index (χ3v) is 5.57. The Kier molecular flexibility index (Phi) is 5.57. The first-order valence-electron chi connectivity index (χ1n) is 9.57. The standard InChI is InChI=1S/C20H12ClF2N7O2S/c21-15-5-11(14(7-24-15)32-19(22)23)13-8-30-16(25-9-26-30)6-12(13)18(31)27-20-29-28-17(33-20)4-3-10-1-2-10/h5-10,19H,1-2H2,(H,27,29,31). The lowest BCUT2D eigenvalue weighted by Gasteiger charge is -2.14. The third kappa shape index (κ3) is 4.74. The first kappa shape index (κ1) is 21.2. The van der Waals surface area contributed by atoms with Gasteiger partial charge in [-0.2, -0.15) is 13.9 Å². The summed E-state index contributed by atoms with van der Waals surface area (Å²) in [6, 6.07) is 2.79. The molecule has 13 heteroatoms. The summed E-state index contributed by atoms with van der Waals surface area (Å²) in [4.78, 5) is 21.0. The third-order valence-electron chi connectivity index (χ3n) is 4.61. The molecule has 166 valence electrons. The number of pyridine rings is 2. The number of rotatable bonds is 5. The van der Waals surface area contributed by atoms with E-state index in [1.165, 1.54) is 29.2 Å². The van der Waals surface area contributed by atoms with Gasteiger partial charge in [-0.15, -0.1) is 10.2 Å². The van der Waals surface area contributed by atoms with Crippen molar-refractivity contribution in [3.05, 3.63) is 46.6 Å². The van der Waals surface area contributed by atoms with Gasteiger partial charge in [-0.05, 0) is 30.9 Å². The van der Waals surface area contributed by atoms with Crippen molar-refractivity contribution in [1.82, 2.24) is 29.8 Å². The molecule has 4 aromatic rings. The highest BCUT2D eigenvalue weighted by molar-refractivity contribution is 7.15. The molecule has 9 nitrogen and oxygen atoms in total. The van der Waals surface area contributed by atoms with Crippen LogP contribution in [-0.2, 0) is 0 Å². The maximum Gasteiger partial charge on any atom is 0.387 e. The molecule has 0 aliphatic heterocycles. The van der Waals surface area contributed by atoms with Crippen LogP contribution >= 0.6 is 22.9 Å². The molecule has 1 N–H and O–H groups in total. The summed E-state index contributed by atoms with van der Waals surface area (Å²) in [5.74, 6) is 5.61. The fourth-order valence-corrected chi connectivity index (χ4v) is 3.72. The van der Waals surface area contributed by atoms with E-state index in [4.69, 9.17) is 11.6 Å². The second kappa shape index (κ2) is 8.68. The fraction of sp³-hybridized carbons (Fsp3) is 0.200. The predicted molar refractivity (Wildman–Crippen MR) is 115 cm³/mol. The molecule has 0 radical (unpaired) electrons. The number of hydrogen-bond donors (Lipinski definition) is 1. The molecule has 0 spiro atoms. The molecule has 0 atom stereocenters. The van der Waals surface area contributed by atoms with E-state index < -0.39 is 12.5 Å². The number of ether oxygens (including phenoxy) is 1. The van der Waals surface area contributed by atoms with Crippen LogP contribution in [0.1, 0.15) is 28.2 Å². The fourth-order valence-electron chi connectivity index (χ4n) is 2.96. The zero-order valence-electron chi connectivity index (χ0n) is 16.5. The molecule has 1 saturated carbocycles. The van der Waals surface area contributed by atoms with Gasteiger partial charge in [0.05, 0.1) is 11.8 Å². The second-order valence-electron chi connectivity index (χ2n) is 6.96. The number of amides is 1. The molecular weight excluding hydrogens is 476 g/mol. The lowest BCUT2D eigenvalue weighted by Crippen LogP contribution is -2.14. The minimum absolute atomic E-state index is 0.0275. The van der Waals surface area contributed by atoms with Gasteiger partial charge in [0.25, 0.3) is 5.91 Å². The van der Waals surface area contributed by atoms with Crippen LogP contribution in [0.25, 0.3) is 16.8 Å². The van der Waals surface area contributed by atoms with Gasteiger partial charge in [0.1, 0.15) is 11.5 Å². The Balaban J connectivity index is 1.53. The van der Waals surface area contributed by atoms with Gasteiger partial charge in [0.15, 0.2) is 16.4 Å².